The van der Waals surface area contributed by atoms with Crippen molar-refractivity contribution >= 4 is 5.91 Å². The maximum atomic E-state index is 12.3. The summed E-state index contributed by atoms with van der Waals surface area (Å²) in [6.07, 6.45) is 0.793. The molecule has 2 aromatic carbocycles. The molecule has 0 radical (unpaired) electrons. The molecule has 3 rings (SSSR count). The van der Waals surface area contributed by atoms with E-state index in [0.29, 0.717) is 29.6 Å². The van der Waals surface area contributed by atoms with Gasteiger partial charge in [-0.15, -0.1) is 0 Å². The average molecular weight is 393 g/mol. The van der Waals surface area contributed by atoms with Crippen molar-refractivity contribution in [3.63, 3.8) is 0 Å². The van der Waals surface area contributed by atoms with Gasteiger partial charge in [-0.1, -0.05) is 50.2 Å². The molecule has 6 heteroatoms. The van der Waals surface area contributed by atoms with E-state index in [1.807, 2.05) is 0 Å². The van der Waals surface area contributed by atoms with Gasteiger partial charge in [0.25, 0.3) is 5.91 Å². The lowest BCUT2D eigenvalue weighted by Crippen LogP contribution is -2.25. The molecule has 0 fully saturated rings. The first-order chi connectivity index (χ1) is 13.8. The Kier molecular flexibility index (Phi) is 6.32. The highest BCUT2D eigenvalue weighted by Crippen LogP contribution is 2.22. The van der Waals surface area contributed by atoms with Crippen LogP contribution in [0, 0.1) is 6.92 Å². The number of ether oxygens (including phenoxy) is 1. The van der Waals surface area contributed by atoms with Crippen LogP contribution in [0.3, 0.4) is 0 Å². The summed E-state index contributed by atoms with van der Waals surface area (Å²) < 4.78 is 10.5. The first-order valence-electron chi connectivity index (χ1n) is 9.71. The van der Waals surface area contributed by atoms with Gasteiger partial charge in [0, 0.05) is 19.0 Å². The molecular weight excluding hydrogens is 366 g/mol. The highest BCUT2D eigenvalue weighted by atomic mass is 16.5. The van der Waals surface area contributed by atoms with Crippen LogP contribution in [0.2, 0.25) is 0 Å². The lowest BCUT2D eigenvalue weighted by molar-refractivity contribution is 0.0954. The Morgan fingerprint density at radius 2 is 1.76 bits per heavy atom. The average Bonchev–Trinajstić information content (AvgIpc) is 3.11. The van der Waals surface area contributed by atoms with E-state index in [0.717, 1.165) is 6.42 Å². The van der Waals surface area contributed by atoms with E-state index >= 15 is 0 Å². The van der Waals surface area contributed by atoms with Crippen molar-refractivity contribution in [3.05, 3.63) is 76.9 Å². The van der Waals surface area contributed by atoms with Gasteiger partial charge in [0.05, 0.1) is 0 Å². The van der Waals surface area contributed by atoms with E-state index < -0.39 is 0 Å². The standard InChI is InChI=1S/C23H27N3O3/c1-16-25-21(26-29-16)15-28-20-11-7-18(8-12-20)22(27)24-14-13-17-5-9-19(10-6-17)23(2,3)4/h5-12H,13-15H2,1-4H3,(H,24,27). The van der Waals surface area contributed by atoms with Crippen molar-refractivity contribution in [2.24, 2.45) is 0 Å². The zero-order chi connectivity index (χ0) is 20.9. The summed E-state index contributed by atoms with van der Waals surface area (Å²) in [7, 11) is 0. The molecule has 0 unspecified atom stereocenters. The Bertz CT molecular complexity index is 939. The van der Waals surface area contributed by atoms with E-state index in [9.17, 15) is 4.79 Å². The number of carbonyl (C=O) groups is 1. The predicted molar refractivity (Wildman–Crippen MR) is 111 cm³/mol. The molecular formula is C23H27N3O3. The molecule has 0 atom stereocenters. The molecule has 0 aliphatic carbocycles. The SMILES string of the molecule is Cc1nc(COc2ccc(C(=O)NCCc3ccc(C(C)(C)C)cc3)cc2)no1. The van der Waals surface area contributed by atoms with Gasteiger partial charge in [-0.2, -0.15) is 4.98 Å². The molecule has 29 heavy (non-hydrogen) atoms. The Morgan fingerprint density at radius 3 is 2.34 bits per heavy atom. The van der Waals surface area contributed by atoms with E-state index in [4.69, 9.17) is 9.26 Å². The van der Waals surface area contributed by atoms with Gasteiger partial charge < -0.3 is 14.6 Å². The summed E-state index contributed by atoms with van der Waals surface area (Å²) in [6, 6.07) is 15.6. The zero-order valence-electron chi connectivity index (χ0n) is 17.4. The highest BCUT2D eigenvalue weighted by molar-refractivity contribution is 5.94. The molecule has 1 heterocycles. The quantitative estimate of drug-likeness (QED) is 0.650. The van der Waals surface area contributed by atoms with Gasteiger partial charge in [-0.3, -0.25) is 4.79 Å². The number of hydrogen-bond acceptors (Lipinski definition) is 5. The summed E-state index contributed by atoms with van der Waals surface area (Å²) in [5.41, 5.74) is 3.25. The second-order valence-corrected chi connectivity index (χ2v) is 8.00. The lowest BCUT2D eigenvalue weighted by Gasteiger charge is -2.19. The first kappa shape index (κ1) is 20.6. The fraction of sp³-hybridized carbons (Fsp3) is 0.348. The fourth-order valence-corrected chi connectivity index (χ4v) is 2.84. The normalized spacial score (nSPS) is 11.3. The summed E-state index contributed by atoms with van der Waals surface area (Å²) in [6.45, 7) is 9.13. The summed E-state index contributed by atoms with van der Waals surface area (Å²) in [4.78, 5) is 16.4. The molecule has 0 aliphatic heterocycles. The smallest absolute Gasteiger partial charge is 0.251 e. The maximum absolute atomic E-state index is 12.3. The van der Waals surface area contributed by atoms with Crippen LogP contribution in [-0.2, 0) is 18.4 Å². The second kappa shape index (κ2) is 8.90. The van der Waals surface area contributed by atoms with Crippen molar-refractivity contribution in [2.45, 2.75) is 46.1 Å². The number of nitrogens with one attached hydrogen (secondary N) is 1. The number of hydrogen-bond donors (Lipinski definition) is 1. The van der Waals surface area contributed by atoms with Gasteiger partial charge >= 0.3 is 0 Å². The number of benzene rings is 2. The summed E-state index contributed by atoms with van der Waals surface area (Å²) >= 11 is 0. The van der Waals surface area contributed by atoms with Crippen LogP contribution in [0.25, 0.3) is 0 Å². The van der Waals surface area contributed by atoms with Crippen LogP contribution in [0.15, 0.2) is 53.1 Å². The number of aromatic nitrogens is 2. The van der Waals surface area contributed by atoms with Crippen molar-refractivity contribution in [2.75, 3.05) is 6.54 Å². The predicted octanol–water partition coefficient (Wildman–Crippen LogP) is 4.23. The second-order valence-electron chi connectivity index (χ2n) is 8.00. The van der Waals surface area contributed by atoms with E-state index in [-0.39, 0.29) is 17.9 Å². The van der Waals surface area contributed by atoms with Crippen LogP contribution >= 0.6 is 0 Å². The van der Waals surface area contributed by atoms with E-state index in [1.54, 1.807) is 31.2 Å². The van der Waals surface area contributed by atoms with Gasteiger partial charge in [-0.05, 0) is 47.2 Å². The van der Waals surface area contributed by atoms with E-state index in [1.165, 1.54) is 11.1 Å². The number of amides is 1. The molecule has 1 amide bonds. The van der Waals surface area contributed by atoms with Gasteiger partial charge in [-0.25, -0.2) is 0 Å². The van der Waals surface area contributed by atoms with E-state index in [2.05, 4.69) is 60.5 Å². The number of nitrogens with zero attached hydrogens (tertiary/aromatic N) is 2. The third-order valence-corrected chi connectivity index (χ3v) is 4.57. The molecule has 152 valence electrons. The third-order valence-electron chi connectivity index (χ3n) is 4.57. The van der Waals surface area contributed by atoms with Crippen molar-refractivity contribution in [1.29, 1.82) is 0 Å². The summed E-state index contributed by atoms with van der Waals surface area (Å²) in [5, 5.41) is 6.74. The fourth-order valence-electron chi connectivity index (χ4n) is 2.84. The van der Waals surface area contributed by atoms with Gasteiger partial charge in [0.1, 0.15) is 5.75 Å². The van der Waals surface area contributed by atoms with Crippen LogP contribution in [0.5, 0.6) is 5.75 Å². The largest absolute Gasteiger partial charge is 0.485 e. The number of aryl methyl sites for hydroxylation is 1. The molecule has 3 aromatic rings. The highest BCUT2D eigenvalue weighted by Gasteiger charge is 2.13. The molecule has 0 spiro atoms. The molecule has 1 aromatic heterocycles. The Balaban J connectivity index is 1.45. The van der Waals surface area contributed by atoms with Crippen molar-refractivity contribution < 1.29 is 14.1 Å². The molecule has 1 N–H and O–H groups in total. The van der Waals surface area contributed by atoms with Gasteiger partial charge in [0.15, 0.2) is 6.61 Å². The molecule has 0 aliphatic rings. The third kappa shape index (κ3) is 5.91. The van der Waals surface area contributed by atoms with Crippen molar-refractivity contribution in [3.8, 4) is 5.75 Å². The Morgan fingerprint density at radius 1 is 1.07 bits per heavy atom. The number of carbonyl (C=O) groups excluding carboxylic acids is 1. The molecule has 0 saturated heterocycles. The first-order valence-corrected chi connectivity index (χ1v) is 9.71. The molecule has 0 saturated carbocycles. The Hall–Kier alpha value is -3.15. The van der Waals surface area contributed by atoms with Crippen molar-refractivity contribution in [1.82, 2.24) is 15.5 Å². The minimum Gasteiger partial charge on any atom is -0.485 e. The topological polar surface area (TPSA) is 77.2 Å². The van der Waals surface area contributed by atoms with Gasteiger partial charge in [0.2, 0.25) is 11.7 Å². The minimum absolute atomic E-state index is 0.100. The maximum Gasteiger partial charge on any atom is 0.251 e. The van der Waals surface area contributed by atoms with Crippen LogP contribution in [-0.4, -0.2) is 22.6 Å². The lowest BCUT2D eigenvalue weighted by atomic mass is 9.86. The molecule has 6 nitrogen and oxygen atoms in total. The minimum atomic E-state index is -0.100. The monoisotopic (exact) mass is 393 g/mol. The zero-order valence-corrected chi connectivity index (χ0v) is 17.4. The number of rotatable bonds is 7. The molecule has 0 bridgehead atoms. The van der Waals surface area contributed by atoms with Crippen LogP contribution in [0.4, 0.5) is 0 Å². The Labute approximate surface area is 171 Å². The van der Waals surface area contributed by atoms with Crippen LogP contribution < -0.4 is 10.1 Å². The summed E-state index contributed by atoms with van der Waals surface area (Å²) in [5.74, 6) is 1.53. The van der Waals surface area contributed by atoms with Crippen LogP contribution in [0.1, 0.15) is 54.0 Å².